The van der Waals surface area contributed by atoms with E-state index in [2.05, 4.69) is 26.4 Å². The zero-order valence-corrected chi connectivity index (χ0v) is 13.0. The molecule has 0 radical (unpaired) electrons. The van der Waals surface area contributed by atoms with Gasteiger partial charge in [0, 0.05) is 18.0 Å². The third-order valence-electron chi connectivity index (χ3n) is 3.11. The number of rotatable bonds is 6. The van der Waals surface area contributed by atoms with Crippen molar-refractivity contribution in [3.8, 4) is 0 Å². The third kappa shape index (κ3) is 4.33. The highest BCUT2D eigenvalue weighted by molar-refractivity contribution is 9.10. The van der Waals surface area contributed by atoms with Crippen LogP contribution < -0.4 is 11.1 Å². The number of oxime groups is 1. The summed E-state index contributed by atoms with van der Waals surface area (Å²) in [6.45, 7) is 4.21. The largest absolute Gasteiger partial charge is 0.409 e. The quantitative estimate of drug-likeness (QED) is 0.183. The molecular weight excluding hydrogens is 332 g/mol. The van der Waals surface area contributed by atoms with Gasteiger partial charge in [0.1, 0.15) is 17.5 Å². The van der Waals surface area contributed by atoms with Crippen molar-refractivity contribution in [3.63, 3.8) is 0 Å². The van der Waals surface area contributed by atoms with Crippen LogP contribution in [0.5, 0.6) is 0 Å². The third-order valence-corrected chi connectivity index (χ3v) is 3.71. The van der Waals surface area contributed by atoms with Gasteiger partial charge in [-0.3, -0.25) is 0 Å². The Morgan fingerprint density at radius 3 is 2.65 bits per heavy atom. The van der Waals surface area contributed by atoms with Crippen LogP contribution >= 0.6 is 15.9 Å². The number of hydrogen-bond donors (Lipinski definition) is 3. The maximum Gasteiger partial charge on any atom is 0.149 e. The van der Waals surface area contributed by atoms with E-state index in [1.165, 1.54) is 6.07 Å². The van der Waals surface area contributed by atoms with Gasteiger partial charge < -0.3 is 16.3 Å². The van der Waals surface area contributed by atoms with Crippen LogP contribution in [0.2, 0.25) is 0 Å². The molecule has 7 heteroatoms. The van der Waals surface area contributed by atoms with Crippen molar-refractivity contribution in [2.24, 2.45) is 16.3 Å². The number of hydrogen-bond acceptors (Lipinski definition) is 3. The second-order valence-electron chi connectivity index (χ2n) is 5.15. The average molecular weight is 350 g/mol. The zero-order chi connectivity index (χ0) is 15.3. The summed E-state index contributed by atoms with van der Waals surface area (Å²) >= 11 is 3.01. The van der Waals surface area contributed by atoms with Gasteiger partial charge in [-0.1, -0.05) is 19.0 Å². The van der Waals surface area contributed by atoms with Crippen molar-refractivity contribution in [1.82, 2.24) is 0 Å². The molecule has 0 aliphatic rings. The molecule has 0 heterocycles. The molecule has 0 aliphatic carbocycles. The average Bonchev–Trinajstić information content (AvgIpc) is 2.39. The highest BCUT2D eigenvalue weighted by Crippen LogP contribution is 2.25. The lowest BCUT2D eigenvalue weighted by atomic mass is 9.86. The van der Waals surface area contributed by atoms with E-state index in [0.717, 1.165) is 6.07 Å². The Morgan fingerprint density at radius 1 is 1.40 bits per heavy atom. The topological polar surface area (TPSA) is 70.6 Å². The predicted octanol–water partition coefficient (Wildman–Crippen LogP) is 3.69. The number of halogens is 3. The summed E-state index contributed by atoms with van der Waals surface area (Å²) in [5.74, 6) is -1.12. The summed E-state index contributed by atoms with van der Waals surface area (Å²) in [4.78, 5) is 0. The molecule has 0 unspecified atom stereocenters. The van der Waals surface area contributed by atoms with Crippen LogP contribution in [0.1, 0.15) is 26.7 Å². The van der Waals surface area contributed by atoms with Gasteiger partial charge in [0.25, 0.3) is 0 Å². The summed E-state index contributed by atoms with van der Waals surface area (Å²) in [6.07, 6.45) is 1.36. The molecule has 1 rings (SSSR count). The minimum absolute atomic E-state index is 0.160. The molecule has 4 N–H and O–H groups in total. The maximum atomic E-state index is 13.5. The molecule has 112 valence electrons. The molecule has 0 spiro atoms. The number of nitrogens with zero attached hydrogens (tertiary/aromatic N) is 1. The van der Waals surface area contributed by atoms with Gasteiger partial charge in [0.05, 0.1) is 10.2 Å². The highest BCUT2D eigenvalue weighted by atomic mass is 79.9. The molecule has 1 aromatic carbocycles. The number of nitrogens with two attached hydrogens (primary N) is 1. The van der Waals surface area contributed by atoms with E-state index in [9.17, 15) is 8.78 Å². The van der Waals surface area contributed by atoms with Crippen LogP contribution in [0.3, 0.4) is 0 Å². The molecule has 4 nitrogen and oxygen atoms in total. The molecule has 0 saturated heterocycles. The Balaban J connectivity index is 2.52. The van der Waals surface area contributed by atoms with E-state index >= 15 is 0 Å². The van der Waals surface area contributed by atoms with Crippen molar-refractivity contribution < 1.29 is 14.0 Å². The molecule has 1 aromatic rings. The van der Waals surface area contributed by atoms with Crippen molar-refractivity contribution in [2.45, 2.75) is 26.7 Å². The first-order valence-electron chi connectivity index (χ1n) is 6.14. The molecule has 20 heavy (non-hydrogen) atoms. The van der Waals surface area contributed by atoms with Gasteiger partial charge >= 0.3 is 0 Å². The van der Waals surface area contributed by atoms with Crippen molar-refractivity contribution in [1.29, 1.82) is 0 Å². The molecule has 0 atom stereocenters. The summed E-state index contributed by atoms with van der Waals surface area (Å²) in [7, 11) is 0. The molecule has 0 aromatic heterocycles. The number of nitrogens with one attached hydrogen (secondary N) is 1. The summed E-state index contributed by atoms with van der Waals surface area (Å²) in [5.41, 5.74) is 5.38. The molecular formula is C13H18BrF2N3O. The lowest BCUT2D eigenvalue weighted by molar-refractivity contribution is 0.305. The number of anilines is 1. The fourth-order valence-electron chi connectivity index (χ4n) is 1.67. The fourth-order valence-corrected chi connectivity index (χ4v) is 2.02. The smallest absolute Gasteiger partial charge is 0.149 e. The summed E-state index contributed by atoms with van der Waals surface area (Å²) in [5, 5.41) is 14.5. The van der Waals surface area contributed by atoms with Crippen LogP contribution in [0.15, 0.2) is 21.8 Å². The fraction of sp³-hybridized carbons (Fsp3) is 0.462. The Hall–Kier alpha value is -1.37. The van der Waals surface area contributed by atoms with Crippen LogP contribution in [0.25, 0.3) is 0 Å². The van der Waals surface area contributed by atoms with Gasteiger partial charge in [0.15, 0.2) is 0 Å². The van der Waals surface area contributed by atoms with Crippen LogP contribution in [-0.2, 0) is 0 Å². The van der Waals surface area contributed by atoms with Gasteiger partial charge in [-0.2, -0.15) is 0 Å². The minimum atomic E-state index is -0.638. The maximum absolute atomic E-state index is 13.5. The Labute approximate surface area is 125 Å². The first kappa shape index (κ1) is 16.7. The summed E-state index contributed by atoms with van der Waals surface area (Å²) < 4.78 is 26.8. The van der Waals surface area contributed by atoms with Crippen LogP contribution in [0.4, 0.5) is 14.5 Å². The Bertz CT molecular complexity index is 507. The normalized spacial score (nSPS) is 12.6. The molecule has 0 aliphatic heterocycles. The zero-order valence-electron chi connectivity index (χ0n) is 11.4. The van der Waals surface area contributed by atoms with Crippen molar-refractivity contribution in [2.75, 3.05) is 11.9 Å². The van der Waals surface area contributed by atoms with Crippen LogP contribution in [-0.4, -0.2) is 17.6 Å². The van der Waals surface area contributed by atoms with Gasteiger partial charge in [-0.25, -0.2) is 8.78 Å². The predicted molar refractivity (Wildman–Crippen MR) is 79.0 cm³/mol. The first-order chi connectivity index (χ1) is 9.27. The van der Waals surface area contributed by atoms with Crippen LogP contribution in [0, 0.1) is 17.0 Å². The van der Waals surface area contributed by atoms with E-state index < -0.39 is 17.0 Å². The van der Waals surface area contributed by atoms with E-state index in [4.69, 9.17) is 10.9 Å². The lowest BCUT2D eigenvalue weighted by Crippen LogP contribution is -2.32. The molecule has 0 fully saturated rings. The van der Waals surface area contributed by atoms with Crippen molar-refractivity contribution in [3.05, 3.63) is 28.2 Å². The molecule has 0 amide bonds. The molecule has 0 saturated carbocycles. The van der Waals surface area contributed by atoms with Crippen molar-refractivity contribution >= 4 is 27.5 Å². The highest BCUT2D eigenvalue weighted by Gasteiger charge is 2.22. The van der Waals surface area contributed by atoms with E-state index in [-0.39, 0.29) is 16.0 Å². The van der Waals surface area contributed by atoms with Gasteiger partial charge in [-0.05, 0) is 34.8 Å². The number of benzene rings is 1. The Morgan fingerprint density at radius 2 is 2.05 bits per heavy atom. The standard InChI is InChI=1S/C13H18BrF2N3O/c1-13(2,12(17)19-20)4-3-5-18-11-6-8(14)9(15)7-10(11)16/h6-7,18,20H,3-5H2,1-2H3,(H2,17,19). The molecule has 0 bridgehead atoms. The van der Waals surface area contributed by atoms with E-state index in [1.54, 1.807) is 0 Å². The minimum Gasteiger partial charge on any atom is -0.409 e. The monoisotopic (exact) mass is 349 g/mol. The first-order valence-corrected chi connectivity index (χ1v) is 6.93. The second kappa shape index (κ2) is 6.88. The van der Waals surface area contributed by atoms with E-state index in [0.29, 0.717) is 19.4 Å². The second-order valence-corrected chi connectivity index (χ2v) is 6.00. The van der Waals surface area contributed by atoms with Gasteiger partial charge in [-0.15, -0.1) is 0 Å². The Kier molecular flexibility index (Phi) is 5.74. The van der Waals surface area contributed by atoms with E-state index in [1.807, 2.05) is 13.8 Å². The lowest BCUT2D eigenvalue weighted by Gasteiger charge is -2.22. The SMILES string of the molecule is CC(C)(CCCNc1cc(Br)c(F)cc1F)/C(N)=N/O. The number of amidine groups is 1. The summed E-state index contributed by atoms with van der Waals surface area (Å²) in [6, 6.07) is 2.19. The van der Waals surface area contributed by atoms with Gasteiger partial charge in [0.2, 0.25) is 0 Å².